The Bertz CT molecular complexity index is 1500. The van der Waals surface area contributed by atoms with Gasteiger partial charge in [0.1, 0.15) is 18.2 Å². The smallest absolute Gasteiger partial charge is 0.311 e. The van der Waals surface area contributed by atoms with E-state index in [1.54, 1.807) is 0 Å². The molecule has 2 aromatic carbocycles. The van der Waals surface area contributed by atoms with Crippen LogP contribution in [0.2, 0.25) is 0 Å². The highest BCUT2D eigenvalue weighted by Crippen LogP contribution is 2.58. The van der Waals surface area contributed by atoms with Gasteiger partial charge in [0, 0.05) is 51.0 Å². The van der Waals surface area contributed by atoms with E-state index in [1.165, 1.54) is 22.3 Å². The molecule has 0 unspecified atom stereocenters. The van der Waals surface area contributed by atoms with Crippen LogP contribution in [-0.2, 0) is 29.0 Å². The summed E-state index contributed by atoms with van der Waals surface area (Å²) in [6.07, 6.45) is 5.26. The van der Waals surface area contributed by atoms with E-state index in [1.807, 2.05) is 24.3 Å². The van der Waals surface area contributed by atoms with Crippen LogP contribution in [0.15, 0.2) is 48.5 Å². The van der Waals surface area contributed by atoms with Crippen molar-refractivity contribution in [3.63, 3.8) is 0 Å². The molecular formula is C35H41N3O4. The molecule has 7 heteroatoms. The molecule has 3 fully saturated rings. The summed E-state index contributed by atoms with van der Waals surface area (Å²) in [4.78, 5) is 21.6. The van der Waals surface area contributed by atoms with Crippen LogP contribution < -0.4 is 9.64 Å². The minimum absolute atomic E-state index is 0.229. The molecular weight excluding hydrogens is 526 g/mol. The number of anilines is 1. The third-order valence-electron chi connectivity index (χ3n) is 10.3. The minimum atomic E-state index is -0.676. The SMILES string of the molecule is Cc1ccc(OCc2ccc3c(c2C)CCN(C2CCOCC2)CC3)c(-c2cccc(N3C[C@@H]4C[C@]4(C(=O)O)C3)n2)c1. The van der Waals surface area contributed by atoms with Crippen molar-refractivity contribution in [2.45, 2.75) is 58.6 Å². The molecule has 0 spiro atoms. The summed E-state index contributed by atoms with van der Waals surface area (Å²) in [5.74, 6) is 1.21. The molecule has 7 rings (SSSR count). The van der Waals surface area contributed by atoms with Gasteiger partial charge in [-0.15, -0.1) is 0 Å². The normalized spacial score (nSPS) is 24.1. The average molecular weight is 568 g/mol. The molecule has 3 aliphatic heterocycles. The van der Waals surface area contributed by atoms with E-state index in [9.17, 15) is 9.90 Å². The number of hydrogen-bond acceptors (Lipinski definition) is 6. The van der Waals surface area contributed by atoms with Crippen molar-refractivity contribution < 1.29 is 19.4 Å². The minimum Gasteiger partial charge on any atom is -0.488 e. The van der Waals surface area contributed by atoms with Crippen LogP contribution in [-0.4, -0.2) is 66.4 Å². The molecule has 7 nitrogen and oxygen atoms in total. The number of nitrogens with zero attached hydrogens (tertiary/aromatic N) is 3. The number of aromatic nitrogens is 1. The zero-order valence-corrected chi connectivity index (χ0v) is 24.8. The first-order chi connectivity index (χ1) is 20.4. The molecule has 0 bridgehead atoms. The molecule has 0 radical (unpaired) electrons. The summed E-state index contributed by atoms with van der Waals surface area (Å²) < 4.78 is 12.1. The molecule has 42 heavy (non-hydrogen) atoms. The number of fused-ring (bicyclic) bond motifs is 2. The van der Waals surface area contributed by atoms with E-state index >= 15 is 0 Å². The van der Waals surface area contributed by atoms with E-state index in [4.69, 9.17) is 14.5 Å². The number of carboxylic acids is 1. The second-order valence-corrected chi connectivity index (χ2v) is 12.8. The summed E-state index contributed by atoms with van der Waals surface area (Å²) in [5.41, 5.74) is 7.94. The first kappa shape index (κ1) is 27.4. The standard InChI is InChI=1S/C35H41N3O4/c1-23-6-9-32(30(18-23)31-4-3-5-33(36-31)38-20-27-19-35(27,22-38)34(39)40)42-21-26-8-7-25-10-14-37(15-11-29(25)24(26)2)28-12-16-41-17-13-28/h3-9,18,27-28H,10-17,19-22H2,1-2H3,(H,39,40)/t27-,35-/m0/s1. The Hall–Kier alpha value is -3.42. The summed E-state index contributed by atoms with van der Waals surface area (Å²) >= 11 is 0. The fourth-order valence-corrected chi connectivity index (χ4v) is 7.51. The zero-order chi connectivity index (χ0) is 28.8. The fraction of sp³-hybridized carbons (Fsp3) is 0.486. The van der Waals surface area contributed by atoms with Crippen LogP contribution in [0.25, 0.3) is 11.3 Å². The number of aryl methyl sites for hydroxylation is 1. The quantitative estimate of drug-likeness (QED) is 0.408. The Morgan fingerprint density at radius 3 is 2.74 bits per heavy atom. The van der Waals surface area contributed by atoms with Gasteiger partial charge < -0.3 is 19.5 Å². The van der Waals surface area contributed by atoms with Crippen molar-refractivity contribution in [3.8, 4) is 17.0 Å². The molecule has 220 valence electrons. The van der Waals surface area contributed by atoms with Gasteiger partial charge >= 0.3 is 5.97 Å². The third kappa shape index (κ3) is 5.07. The number of carboxylic acid groups (broad SMARTS) is 1. The Labute approximate surface area is 248 Å². The Balaban J connectivity index is 1.08. The lowest BCUT2D eigenvalue weighted by atomic mass is 9.94. The largest absolute Gasteiger partial charge is 0.488 e. The fourth-order valence-electron chi connectivity index (χ4n) is 7.51. The van der Waals surface area contributed by atoms with Crippen molar-refractivity contribution in [1.82, 2.24) is 9.88 Å². The number of ether oxygens (including phenoxy) is 2. The monoisotopic (exact) mass is 567 g/mol. The number of carbonyl (C=O) groups is 1. The van der Waals surface area contributed by atoms with E-state index in [0.29, 0.717) is 19.2 Å². The lowest BCUT2D eigenvalue weighted by molar-refractivity contribution is -0.143. The van der Waals surface area contributed by atoms with E-state index in [-0.39, 0.29) is 5.92 Å². The molecule has 1 saturated carbocycles. The molecule has 1 aliphatic carbocycles. The van der Waals surface area contributed by atoms with Gasteiger partial charge in [0.2, 0.25) is 0 Å². The van der Waals surface area contributed by atoms with Crippen molar-refractivity contribution in [2.75, 3.05) is 44.3 Å². The molecule has 3 aromatic rings. The molecule has 2 saturated heterocycles. The molecule has 4 aliphatic rings. The number of hydrogen-bond donors (Lipinski definition) is 1. The number of aliphatic carboxylic acids is 1. The van der Waals surface area contributed by atoms with Gasteiger partial charge in [-0.2, -0.15) is 0 Å². The maximum Gasteiger partial charge on any atom is 0.311 e. The van der Waals surface area contributed by atoms with E-state index < -0.39 is 11.4 Å². The van der Waals surface area contributed by atoms with Crippen LogP contribution in [0, 0.1) is 25.2 Å². The van der Waals surface area contributed by atoms with Gasteiger partial charge in [-0.05, 0) is 98.4 Å². The summed E-state index contributed by atoms with van der Waals surface area (Å²) in [6, 6.07) is 17.5. The Morgan fingerprint density at radius 2 is 1.93 bits per heavy atom. The lowest BCUT2D eigenvalue weighted by Gasteiger charge is -2.33. The second kappa shape index (κ2) is 11.0. The predicted octanol–water partition coefficient (Wildman–Crippen LogP) is 5.43. The lowest BCUT2D eigenvalue weighted by Crippen LogP contribution is -2.40. The highest BCUT2D eigenvalue weighted by atomic mass is 16.5. The average Bonchev–Trinajstić information content (AvgIpc) is 3.66. The predicted molar refractivity (Wildman–Crippen MR) is 163 cm³/mol. The molecule has 1 N–H and O–H groups in total. The van der Waals surface area contributed by atoms with Gasteiger partial charge in [-0.3, -0.25) is 9.69 Å². The molecule has 0 amide bonds. The van der Waals surface area contributed by atoms with E-state index in [2.05, 4.69) is 47.9 Å². The topological polar surface area (TPSA) is 75.1 Å². The number of rotatable bonds is 7. The van der Waals surface area contributed by atoms with Crippen molar-refractivity contribution in [1.29, 1.82) is 0 Å². The van der Waals surface area contributed by atoms with Crippen LogP contribution in [0.1, 0.15) is 47.1 Å². The van der Waals surface area contributed by atoms with Gasteiger partial charge in [-0.1, -0.05) is 29.8 Å². The van der Waals surface area contributed by atoms with Crippen LogP contribution in [0.4, 0.5) is 5.82 Å². The van der Waals surface area contributed by atoms with Crippen LogP contribution in [0.3, 0.4) is 0 Å². The summed E-state index contributed by atoms with van der Waals surface area (Å²) in [7, 11) is 0. The number of pyridine rings is 1. The van der Waals surface area contributed by atoms with Crippen LogP contribution >= 0.6 is 0 Å². The highest BCUT2D eigenvalue weighted by Gasteiger charge is 2.65. The Morgan fingerprint density at radius 1 is 1.10 bits per heavy atom. The molecule has 4 heterocycles. The van der Waals surface area contributed by atoms with Gasteiger partial charge in [-0.25, -0.2) is 4.98 Å². The summed E-state index contributed by atoms with van der Waals surface area (Å²) in [6.45, 7) is 10.1. The first-order valence-corrected chi connectivity index (χ1v) is 15.5. The second-order valence-electron chi connectivity index (χ2n) is 12.8. The van der Waals surface area contributed by atoms with Gasteiger partial charge in [0.25, 0.3) is 0 Å². The van der Waals surface area contributed by atoms with Gasteiger partial charge in [0.05, 0.1) is 11.1 Å². The van der Waals surface area contributed by atoms with Crippen molar-refractivity contribution >= 4 is 11.8 Å². The maximum atomic E-state index is 11.8. The number of piperidine rings is 1. The highest BCUT2D eigenvalue weighted by molar-refractivity contribution is 5.81. The zero-order valence-electron chi connectivity index (χ0n) is 24.8. The molecule has 1 aromatic heterocycles. The van der Waals surface area contributed by atoms with Crippen LogP contribution in [0.5, 0.6) is 5.75 Å². The third-order valence-corrected chi connectivity index (χ3v) is 10.3. The maximum absolute atomic E-state index is 11.8. The Kier molecular flexibility index (Phi) is 7.19. The number of benzene rings is 2. The molecule has 2 atom stereocenters. The van der Waals surface area contributed by atoms with Crippen molar-refractivity contribution in [2.24, 2.45) is 11.3 Å². The van der Waals surface area contributed by atoms with Crippen molar-refractivity contribution in [3.05, 3.63) is 76.3 Å². The van der Waals surface area contributed by atoms with Gasteiger partial charge in [0.15, 0.2) is 0 Å². The first-order valence-electron chi connectivity index (χ1n) is 15.5. The summed E-state index contributed by atoms with van der Waals surface area (Å²) in [5, 5.41) is 9.73. The van der Waals surface area contributed by atoms with E-state index in [0.717, 1.165) is 93.3 Å².